The molecule has 1 amide bonds. The van der Waals surface area contributed by atoms with Crippen molar-refractivity contribution in [2.75, 3.05) is 5.43 Å². The average molecular weight is 380 g/mol. The number of carbonyl (C=O) groups is 1. The molecule has 10 nitrogen and oxygen atoms in total. The summed E-state index contributed by atoms with van der Waals surface area (Å²) in [5.74, 6) is -0.595. The normalized spacial score (nSPS) is 10.2. The summed E-state index contributed by atoms with van der Waals surface area (Å²) >= 11 is 0. The lowest BCUT2D eigenvalue weighted by atomic mass is 10.2. The molecule has 3 aromatic rings. The number of rotatable bonds is 7. The van der Waals surface area contributed by atoms with Crippen LogP contribution in [0.2, 0.25) is 0 Å². The van der Waals surface area contributed by atoms with Crippen LogP contribution in [0, 0.1) is 10.1 Å². The van der Waals surface area contributed by atoms with E-state index < -0.39 is 16.5 Å². The number of ether oxygens (including phenoxy) is 1. The number of hydrazine groups is 1. The van der Waals surface area contributed by atoms with E-state index in [9.17, 15) is 14.9 Å². The molecule has 0 spiro atoms. The molecule has 0 saturated heterocycles. The Morgan fingerprint density at radius 1 is 1.21 bits per heavy atom. The zero-order chi connectivity index (χ0) is 19.9. The van der Waals surface area contributed by atoms with Gasteiger partial charge < -0.3 is 4.74 Å². The van der Waals surface area contributed by atoms with E-state index in [0.29, 0.717) is 5.75 Å². The van der Waals surface area contributed by atoms with Gasteiger partial charge in [0.2, 0.25) is 5.82 Å². The molecular formula is C18H16N6O4. The molecule has 0 aliphatic rings. The van der Waals surface area contributed by atoms with Gasteiger partial charge in [-0.25, -0.2) is 4.98 Å². The van der Waals surface area contributed by atoms with E-state index in [1.807, 2.05) is 19.1 Å². The Kier molecular flexibility index (Phi) is 5.70. The molecule has 0 radical (unpaired) electrons. The van der Waals surface area contributed by atoms with Crippen LogP contribution in [0.5, 0.6) is 11.6 Å². The molecule has 0 saturated carbocycles. The van der Waals surface area contributed by atoms with Crippen molar-refractivity contribution < 1.29 is 14.5 Å². The number of aryl methyl sites for hydroxylation is 1. The number of nitrogens with one attached hydrogen (secondary N) is 2. The molecule has 0 atom stereocenters. The average Bonchev–Trinajstić information content (AvgIpc) is 2.73. The van der Waals surface area contributed by atoms with Crippen molar-refractivity contribution in [1.82, 2.24) is 20.4 Å². The Morgan fingerprint density at radius 2 is 2.00 bits per heavy atom. The predicted octanol–water partition coefficient (Wildman–Crippen LogP) is 2.89. The molecule has 0 aliphatic carbocycles. The first kappa shape index (κ1) is 18.7. The molecule has 28 heavy (non-hydrogen) atoms. The van der Waals surface area contributed by atoms with E-state index in [4.69, 9.17) is 4.74 Å². The number of carbonyl (C=O) groups excluding carboxylic acids is 1. The van der Waals surface area contributed by atoms with Gasteiger partial charge in [-0.2, -0.15) is 4.98 Å². The van der Waals surface area contributed by atoms with Gasteiger partial charge in [0.05, 0.1) is 10.5 Å². The number of aromatic nitrogens is 3. The van der Waals surface area contributed by atoms with Crippen LogP contribution in [0.4, 0.5) is 11.5 Å². The monoisotopic (exact) mass is 380 g/mol. The van der Waals surface area contributed by atoms with Crippen molar-refractivity contribution in [3.8, 4) is 11.6 Å². The first-order valence-corrected chi connectivity index (χ1v) is 8.31. The van der Waals surface area contributed by atoms with Crippen molar-refractivity contribution in [1.29, 1.82) is 0 Å². The second-order valence-electron chi connectivity index (χ2n) is 5.55. The van der Waals surface area contributed by atoms with E-state index in [1.54, 1.807) is 24.3 Å². The number of hydrogen-bond donors (Lipinski definition) is 2. The van der Waals surface area contributed by atoms with Crippen LogP contribution in [0.25, 0.3) is 0 Å². The second-order valence-corrected chi connectivity index (χ2v) is 5.55. The van der Waals surface area contributed by atoms with Gasteiger partial charge >= 0.3 is 11.6 Å². The molecule has 10 heteroatoms. The molecule has 2 aromatic heterocycles. The number of hydrogen-bond acceptors (Lipinski definition) is 8. The molecule has 142 valence electrons. The van der Waals surface area contributed by atoms with Crippen molar-refractivity contribution in [3.63, 3.8) is 0 Å². The van der Waals surface area contributed by atoms with Gasteiger partial charge in [-0.05, 0) is 36.2 Å². The second kappa shape index (κ2) is 8.54. The largest absolute Gasteiger partial charge is 0.434 e. The van der Waals surface area contributed by atoms with Crippen molar-refractivity contribution >= 4 is 17.4 Å². The molecular weight excluding hydrogens is 364 g/mol. The van der Waals surface area contributed by atoms with E-state index in [2.05, 4.69) is 25.8 Å². The molecule has 1 aromatic carbocycles. The molecule has 0 aliphatic heterocycles. The van der Waals surface area contributed by atoms with Crippen LogP contribution in [0.1, 0.15) is 22.8 Å². The third kappa shape index (κ3) is 4.36. The lowest BCUT2D eigenvalue weighted by molar-refractivity contribution is -0.385. The highest BCUT2D eigenvalue weighted by Crippen LogP contribution is 2.33. The summed E-state index contributed by atoms with van der Waals surface area (Å²) < 4.78 is 5.55. The highest BCUT2D eigenvalue weighted by molar-refractivity contribution is 5.94. The van der Waals surface area contributed by atoms with Gasteiger partial charge in [0.25, 0.3) is 5.91 Å². The van der Waals surface area contributed by atoms with Crippen LogP contribution in [0.3, 0.4) is 0 Å². The summed E-state index contributed by atoms with van der Waals surface area (Å²) in [6.45, 7) is 2.02. The maximum atomic E-state index is 12.1. The topological polar surface area (TPSA) is 132 Å². The Hall–Kier alpha value is -4.08. The highest BCUT2D eigenvalue weighted by atomic mass is 16.6. The van der Waals surface area contributed by atoms with Crippen LogP contribution in [-0.2, 0) is 6.42 Å². The quantitative estimate of drug-likeness (QED) is 0.472. The van der Waals surface area contributed by atoms with E-state index in [0.717, 1.165) is 18.3 Å². The zero-order valence-corrected chi connectivity index (χ0v) is 14.8. The fraction of sp³-hybridized carbons (Fsp3) is 0.111. The van der Waals surface area contributed by atoms with Gasteiger partial charge in [-0.1, -0.05) is 19.1 Å². The van der Waals surface area contributed by atoms with Crippen molar-refractivity contribution in [3.05, 3.63) is 76.4 Å². The first-order valence-electron chi connectivity index (χ1n) is 8.31. The maximum absolute atomic E-state index is 12.1. The number of nitro groups is 1. The molecule has 0 unspecified atom stereocenters. The van der Waals surface area contributed by atoms with Gasteiger partial charge in [0.15, 0.2) is 0 Å². The molecule has 0 bridgehead atoms. The minimum Gasteiger partial charge on any atom is -0.434 e. The maximum Gasteiger partial charge on any atom is 0.374 e. The summed E-state index contributed by atoms with van der Waals surface area (Å²) in [6.07, 6.45) is 4.84. The first-order chi connectivity index (χ1) is 13.6. The number of pyridine rings is 1. The Morgan fingerprint density at radius 3 is 2.64 bits per heavy atom. The van der Waals surface area contributed by atoms with Crippen molar-refractivity contribution in [2.45, 2.75) is 13.3 Å². The van der Waals surface area contributed by atoms with Crippen LogP contribution >= 0.6 is 0 Å². The smallest absolute Gasteiger partial charge is 0.374 e. The summed E-state index contributed by atoms with van der Waals surface area (Å²) in [6, 6.07) is 10.2. The minimum absolute atomic E-state index is 0.211. The summed E-state index contributed by atoms with van der Waals surface area (Å²) in [7, 11) is 0. The fourth-order valence-corrected chi connectivity index (χ4v) is 2.28. The van der Waals surface area contributed by atoms with Crippen LogP contribution in [-0.4, -0.2) is 25.8 Å². The van der Waals surface area contributed by atoms with E-state index >= 15 is 0 Å². The van der Waals surface area contributed by atoms with E-state index in [-0.39, 0.29) is 17.3 Å². The Bertz CT molecular complexity index is 979. The van der Waals surface area contributed by atoms with Crippen LogP contribution in [0.15, 0.2) is 55.1 Å². The Labute approximate surface area is 159 Å². The summed E-state index contributed by atoms with van der Waals surface area (Å²) in [5, 5.41) is 11.5. The molecule has 3 rings (SSSR count). The molecule has 2 N–H and O–H groups in total. The fourth-order valence-electron chi connectivity index (χ4n) is 2.28. The number of amides is 1. The number of anilines is 1. The number of benzene rings is 1. The predicted molar refractivity (Wildman–Crippen MR) is 99.9 cm³/mol. The van der Waals surface area contributed by atoms with Gasteiger partial charge in [-0.3, -0.25) is 30.7 Å². The minimum atomic E-state index is -0.686. The lowest BCUT2D eigenvalue weighted by Crippen LogP contribution is -2.30. The number of nitrogens with zero attached hydrogens (tertiary/aromatic N) is 4. The summed E-state index contributed by atoms with van der Waals surface area (Å²) in [4.78, 5) is 34.4. The zero-order valence-electron chi connectivity index (χ0n) is 14.8. The van der Waals surface area contributed by atoms with Gasteiger partial charge in [-0.15, -0.1) is 0 Å². The van der Waals surface area contributed by atoms with E-state index in [1.165, 1.54) is 12.4 Å². The SMILES string of the molecule is CCc1ccc(Oc2ncnc(NNC(=O)c3cccnc3)c2[N+](=O)[O-])cc1. The summed E-state index contributed by atoms with van der Waals surface area (Å²) in [5.41, 5.74) is 5.65. The van der Waals surface area contributed by atoms with Gasteiger partial charge in [0.1, 0.15) is 12.1 Å². The molecule has 2 heterocycles. The van der Waals surface area contributed by atoms with Crippen molar-refractivity contribution in [2.24, 2.45) is 0 Å². The third-order valence-electron chi connectivity index (χ3n) is 3.74. The highest BCUT2D eigenvalue weighted by Gasteiger charge is 2.25. The standard InChI is InChI=1S/C18H16N6O4/c1-2-12-5-7-14(8-6-12)28-18-15(24(26)27)16(20-11-21-18)22-23-17(25)13-4-3-9-19-10-13/h3-11H,2H2,1H3,(H,23,25)(H,20,21,22). The lowest BCUT2D eigenvalue weighted by Gasteiger charge is -2.10. The van der Waals surface area contributed by atoms with Crippen LogP contribution < -0.4 is 15.6 Å². The third-order valence-corrected chi connectivity index (χ3v) is 3.74. The van der Waals surface area contributed by atoms with Gasteiger partial charge in [0, 0.05) is 12.4 Å². The Balaban J connectivity index is 1.80. The molecule has 0 fully saturated rings.